The van der Waals surface area contributed by atoms with Gasteiger partial charge in [0.05, 0.1) is 0 Å². The van der Waals surface area contributed by atoms with Crippen molar-refractivity contribution in [1.82, 2.24) is 0 Å². The first-order valence-electron chi connectivity index (χ1n) is 5.98. The smallest absolute Gasteiger partial charge is 0.300 e. The topological polar surface area (TPSA) is 71.4 Å². The van der Waals surface area contributed by atoms with Gasteiger partial charge in [0.25, 0.3) is 5.97 Å². The van der Waals surface area contributed by atoms with Crippen LogP contribution in [0.15, 0.2) is 42.5 Å². The summed E-state index contributed by atoms with van der Waals surface area (Å²) in [6.45, 7) is 1.08. The van der Waals surface area contributed by atoms with Gasteiger partial charge in [-0.05, 0) is 34.5 Å². The molecule has 2 aromatic carbocycles. The first-order chi connectivity index (χ1) is 9.49. The molecule has 0 radical (unpaired) electrons. The van der Waals surface area contributed by atoms with E-state index in [1.54, 1.807) is 12.1 Å². The Hall–Kier alpha value is -2.75. The summed E-state index contributed by atoms with van der Waals surface area (Å²) in [5.41, 5.74) is 1.33. The van der Waals surface area contributed by atoms with Crippen LogP contribution in [0.4, 0.5) is 0 Å². The van der Waals surface area contributed by atoms with E-state index in [0.717, 1.165) is 23.3 Å². The third kappa shape index (κ3) is 2.80. The lowest BCUT2D eigenvalue weighted by molar-refractivity contribution is -0.134. The van der Waals surface area contributed by atoms with E-state index in [1.165, 1.54) is 6.08 Å². The summed E-state index contributed by atoms with van der Waals surface area (Å²) in [6.07, 6.45) is 3.03. The molecular formula is C16H12O4. The summed E-state index contributed by atoms with van der Waals surface area (Å²) in [7, 11) is 0. The molecule has 0 spiro atoms. The summed E-state index contributed by atoms with van der Waals surface area (Å²) in [4.78, 5) is 31.9. The average molecular weight is 268 g/mol. The molecule has 20 heavy (non-hydrogen) atoms. The van der Waals surface area contributed by atoms with Crippen molar-refractivity contribution in [3.8, 4) is 0 Å². The quantitative estimate of drug-likeness (QED) is 0.746. The molecule has 1 aliphatic rings. The van der Waals surface area contributed by atoms with Gasteiger partial charge in [-0.25, -0.2) is 0 Å². The number of carbonyl (C=O) groups is 3. The molecule has 2 aromatic rings. The zero-order valence-corrected chi connectivity index (χ0v) is 10.8. The number of carboxylic acids is 1. The summed E-state index contributed by atoms with van der Waals surface area (Å²) >= 11 is 0. The van der Waals surface area contributed by atoms with Crippen molar-refractivity contribution < 1.29 is 19.5 Å². The van der Waals surface area contributed by atoms with E-state index in [0.29, 0.717) is 5.56 Å². The van der Waals surface area contributed by atoms with Gasteiger partial charge in [0.1, 0.15) is 0 Å². The Bertz CT molecular complexity index is 737. The Kier molecular flexibility index (Phi) is 3.75. The zero-order chi connectivity index (χ0) is 14.7. The second-order valence-electron chi connectivity index (χ2n) is 4.33. The van der Waals surface area contributed by atoms with Crippen LogP contribution in [0.3, 0.4) is 0 Å². The molecule has 0 saturated heterocycles. The molecule has 0 atom stereocenters. The van der Waals surface area contributed by atoms with Crippen LogP contribution >= 0.6 is 0 Å². The van der Waals surface area contributed by atoms with Crippen LogP contribution in [0.1, 0.15) is 22.8 Å². The minimum absolute atomic E-state index is 0.414. The Morgan fingerprint density at radius 3 is 2.15 bits per heavy atom. The molecule has 4 nitrogen and oxygen atoms in total. The number of aliphatic carboxylic acids is 1. The fourth-order valence-corrected chi connectivity index (χ4v) is 1.97. The largest absolute Gasteiger partial charge is 0.481 e. The van der Waals surface area contributed by atoms with Gasteiger partial charge >= 0.3 is 0 Å². The molecule has 0 saturated carbocycles. The fraction of sp³-hybridized carbons (Fsp3) is 0.0625. The van der Waals surface area contributed by atoms with Crippen LogP contribution in [-0.2, 0) is 9.59 Å². The lowest BCUT2D eigenvalue weighted by atomic mass is 9.92. The average Bonchev–Trinajstić information content (AvgIpc) is 2.41. The van der Waals surface area contributed by atoms with Crippen molar-refractivity contribution in [2.45, 2.75) is 6.92 Å². The van der Waals surface area contributed by atoms with Gasteiger partial charge in [-0.1, -0.05) is 30.3 Å². The summed E-state index contributed by atoms with van der Waals surface area (Å²) in [5.74, 6) is -1.69. The Labute approximate surface area is 115 Å². The van der Waals surface area contributed by atoms with E-state index in [4.69, 9.17) is 9.90 Å². The minimum Gasteiger partial charge on any atom is -0.481 e. The Balaban J connectivity index is 0.000000328. The predicted octanol–water partition coefficient (Wildman–Crippen LogP) is 2.71. The van der Waals surface area contributed by atoms with Crippen molar-refractivity contribution in [1.29, 1.82) is 0 Å². The molecule has 0 aromatic heterocycles. The molecule has 4 heteroatoms. The van der Waals surface area contributed by atoms with Gasteiger partial charge < -0.3 is 5.11 Å². The van der Waals surface area contributed by atoms with Crippen LogP contribution in [0, 0.1) is 0 Å². The molecule has 0 aliphatic heterocycles. The van der Waals surface area contributed by atoms with Crippen LogP contribution in [-0.4, -0.2) is 22.6 Å². The lowest BCUT2D eigenvalue weighted by Crippen LogP contribution is -2.15. The van der Waals surface area contributed by atoms with E-state index in [1.807, 2.05) is 30.3 Å². The summed E-state index contributed by atoms with van der Waals surface area (Å²) < 4.78 is 0. The Morgan fingerprint density at radius 2 is 1.55 bits per heavy atom. The number of benzene rings is 2. The van der Waals surface area contributed by atoms with E-state index >= 15 is 0 Å². The highest BCUT2D eigenvalue weighted by molar-refractivity contribution is 6.50. The maximum absolute atomic E-state index is 11.7. The normalized spacial score (nSPS) is 12.7. The maximum Gasteiger partial charge on any atom is 0.300 e. The van der Waals surface area contributed by atoms with Gasteiger partial charge in [0.15, 0.2) is 0 Å². The van der Waals surface area contributed by atoms with E-state index < -0.39 is 17.5 Å². The van der Waals surface area contributed by atoms with Crippen molar-refractivity contribution >= 4 is 34.4 Å². The highest BCUT2D eigenvalue weighted by atomic mass is 16.4. The number of hydrogen-bond acceptors (Lipinski definition) is 3. The molecule has 0 amide bonds. The second-order valence-corrected chi connectivity index (χ2v) is 4.33. The van der Waals surface area contributed by atoms with Gasteiger partial charge in [-0.3, -0.25) is 14.4 Å². The van der Waals surface area contributed by atoms with Crippen molar-refractivity contribution in [2.24, 2.45) is 0 Å². The SMILES string of the molecule is CC(=O)O.O=C1C=Cc2cc3ccccc3cc2C1=O. The molecule has 0 unspecified atom stereocenters. The molecule has 0 heterocycles. The highest BCUT2D eigenvalue weighted by Crippen LogP contribution is 2.24. The number of carbonyl (C=O) groups excluding carboxylic acids is 2. The lowest BCUT2D eigenvalue weighted by Gasteiger charge is -2.09. The molecule has 3 rings (SSSR count). The standard InChI is InChI=1S/C14H8O2.C2H4O2/c15-13-6-5-11-7-9-3-1-2-4-10(9)8-12(11)14(13)16;1-2(3)4/h1-8H;1H3,(H,3,4). The van der Waals surface area contributed by atoms with Crippen LogP contribution < -0.4 is 0 Å². The van der Waals surface area contributed by atoms with Crippen molar-refractivity contribution in [3.63, 3.8) is 0 Å². The zero-order valence-electron chi connectivity index (χ0n) is 10.8. The summed E-state index contributed by atoms with van der Waals surface area (Å²) in [5, 5.41) is 9.48. The molecule has 100 valence electrons. The van der Waals surface area contributed by atoms with Crippen LogP contribution in [0.5, 0.6) is 0 Å². The number of fused-ring (bicyclic) bond motifs is 2. The Morgan fingerprint density at radius 1 is 1.00 bits per heavy atom. The monoisotopic (exact) mass is 268 g/mol. The molecular weight excluding hydrogens is 256 g/mol. The first kappa shape index (κ1) is 13.7. The number of carboxylic acid groups (broad SMARTS) is 1. The van der Waals surface area contributed by atoms with Crippen molar-refractivity contribution in [2.75, 3.05) is 0 Å². The molecule has 1 N–H and O–H groups in total. The number of rotatable bonds is 0. The first-order valence-corrected chi connectivity index (χ1v) is 5.98. The van der Waals surface area contributed by atoms with E-state index in [2.05, 4.69) is 0 Å². The van der Waals surface area contributed by atoms with Crippen LogP contribution in [0.25, 0.3) is 16.8 Å². The third-order valence-corrected chi connectivity index (χ3v) is 2.80. The predicted molar refractivity (Wildman–Crippen MR) is 75.6 cm³/mol. The van der Waals surface area contributed by atoms with E-state index in [-0.39, 0.29) is 0 Å². The third-order valence-electron chi connectivity index (χ3n) is 2.80. The molecule has 1 aliphatic carbocycles. The van der Waals surface area contributed by atoms with E-state index in [9.17, 15) is 9.59 Å². The van der Waals surface area contributed by atoms with Gasteiger partial charge in [0, 0.05) is 12.5 Å². The minimum atomic E-state index is -0.833. The number of hydrogen-bond donors (Lipinski definition) is 1. The molecule has 0 fully saturated rings. The maximum atomic E-state index is 11.7. The number of allylic oxidation sites excluding steroid dienone is 1. The molecule has 0 bridgehead atoms. The number of ketones is 2. The van der Waals surface area contributed by atoms with Gasteiger partial charge in [0.2, 0.25) is 11.6 Å². The fourth-order valence-electron chi connectivity index (χ4n) is 1.97. The summed E-state index contributed by atoms with van der Waals surface area (Å²) in [6, 6.07) is 11.5. The van der Waals surface area contributed by atoms with Gasteiger partial charge in [-0.15, -0.1) is 0 Å². The van der Waals surface area contributed by atoms with Crippen LogP contribution in [0.2, 0.25) is 0 Å². The highest BCUT2D eigenvalue weighted by Gasteiger charge is 2.20. The van der Waals surface area contributed by atoms with Crippen molar-refractivity contribution in [3.05, 3.63) is 53.6 Å². The number of Topliss-reactive ketones (excluding diaryl/α,β-unsaturated/α-hetero) is 1. The van der Waals surface area contributed by atoms with Gasteiger partial charge in [-0.2, -0.15) is 0 Å². The second kappa shape index (κ2) is 5.48.